The highest BCUT2D eigenvalue weighted by Gasteiger charge is 2.53. The highest BCUT2D eigenvalue weighted by atomic mass is 35.5. The second-order valence-corrected chi connectivity index (χ2v) is 12.8. The zero-order chi connectivity index (χ0) is 25.9. The van der Waals surface area contributed by atoms with Crippen molar-refractivity contribution in [2.45, 2.75) is 55.4 Å². The lowest BCUT2D eigenvalue weighted by atomic mass is 9.94. The maximum absolute atomic E-state index is 12.9. The van der Waals surface area contributed by atoms with Crippen molar-refractivity contribution in [3.8, 4) is 0 Å². The van der Waals surface area contributed by atoms with Crippen molar-refractivity contribution in [2.24, 2.45) is 0 Å². The van der Waals surface area contributed by atoms with Crippen molar-refractivity contribution in [3.63, 3.8) is 0 Å². The molecule has 2 fully saturated rings. The van der Waals surface area contributed by atoms with E-state index in [2.05, 4.69) is 15.5 Å². The number of sulfone groups is 1. The smallest absolute Gasteiger partial charge is 0.244 e. The third-order valence-electron chi connectivity index (χ3n) is 7.15. The number of nitrogens with one attached hydrogen (secondary N) is 1. The third-order valence-corrected chi connectivity index (χ3v) is 9.47. The lowest BCUT2D eigenvalue weighted by Crippen LogP contribution is -2.19. The number of benzene rings is 2. The summed E-state index contributed by atoms with van der Waals surface area (Å²) < 4.78 is 31.6. The van der Waals surface area contributed by atoms with Gasteiger partial charge < -0.3 is 14.4 Å². The molecule has 0 aliphatic heterocycles. The van der Waals surface area contributed by atoms with Gasteiger partial charge in [0.25, 0.3) is 0 Å². The van der Waals surface area contributed by atoms with E-state index in [0.717, 1.165) is 42.1 Å². The molecule has 2 aliphatic rings. The number of rotatable bonds is 8. The van der Waals surface area contributed by atoms with E-state index in [9.17, 15) is 13.2 Å². The minimum absolute atomic E-state index is 0.0310. The standard InChI is InChI=1S/C26H24Cl2N4O4S/c1-2-37(34,35)18-5-6-21-16(11-18)7-10-32(21)14-22(33)29-17-12-19(27)23(20(28)13-17)26(8-9-26)25-30-24(36-31-25)15-3-4-15/h5-7,10-13,15H,2-4,8-9,14H2,1H3,(H,29,33). The number of hydrogen-bond donors (Lipinski definition) is 1. The molecule has 2 heterocycles. The number of fused-ring (bicyclic) bond motifs is 1. The Bertz CT molecular complexity index is 1630. The van der Waals surface area contributed by atoms with Crippen molar-refractivity contribution >= 4 is 55.5 Å². The summed E-state index contributed by atoms with van der Waals surface area (Å²) in [6.07, 6.45) is 5.55. The summed E-state index contributed by atoms with van der Waals surface area (Å²) in [6, 6.07) is 10.1. The topological polar surface area (TPSA) is 107 Å². The molecule has 11 heteroatoms. The SMILES string of the molecule is CCS(=O)(=O)c1ccc2c(ccn2CC(=O)Nc2cc(Cl)c(C3(c4noc(C5CC5)n4)CC3)c(Cl)c2)c1. The van der Waals surface area contributed by atoms with Crippen LogP contribution in [0.4, 0.5) is 5.69 Å². The maximum Gasteiger partial charge on any atom is 0.244 e. The zero-order valence-electron chi connectivity index (χ0n) is 20.0. The molecule has 1 amide bonds. The lowest BCUT2D eigenvalue weighted by molar-refractivity contribution is -0.116. The molecule has 2 saturated carbocycles. The highest BCUT2D eigenvalue weighted by Crippen LogP contribution is 2.57. The van der Waals surface area contributed by atoms with Crippen LogP contribution in [0, 0.1) is 0 Å². The molecule has 0 saturated heterocycles. The number of aromatic nitrogens is 3. The van der Waals surface area contributed by atoms with Crippen LogP contribution in [-0.4, -0.2) is 34.8 Å². The molecule has 8 nitrogen and oxygen atoms in total. The molecule has 192 valence electrons. The van der Waals surface area contributed by atoms with Gasteiger partial charge in [0.15, 0.2) is 15.7 Å². The molecule has 0 atom stereocenters. The molecule has 0 spiro atoms. The number of carbonyl (C=O) groups is 1. The molecular formula is C26H24Cl2N4O4S. The van der Waals surface area contributed by atoms with Gasteiger partial charge in [-0.15, -0.1) is 0 Å². The van der Waals surface area contributed by atoms with Gasteiger partial charge in [-0.2, -0.15) is 4.98 Å². The van der Waals surface area contributed by atoms with Gasteiger partial charge >= 0.3 is 0 Å². The van der Waals surface area contributed by atoms with Crippen LogP contribution < -0.4 is 5.32 Å². The molecule has 37 heavy (non-hydrogen) atoms. The minimum atomic E-state index is -3.31. The summed E-state index contributed by atoms with van der Waals surface area (Å²) >= 11 is 13.4. The fourth-order valence-electron chi connectivity index (χ4n) is 4.77. The molecule has 6 rings (SSSR count). The number of hydrogen-bond acceptors (Lipinski definition) is 6. The predicted molar refractivity (Wildman–Crippen MR) is 141 cm³/mol. The van der Waals surface area contributed by atoms with E-state index in [1.54, 1.807) is 54.1 Å². The van der Waals surface area contributed by atoms with Crippen LogP contribution in [0.3, 0.4) is 0 Å². The average molecular weight is 559 g/mol. The zero-order valence-corrected chi connectivity index (χ0v) is 22.3. The molecule has 1 N–H and O–H groups in total. The number of nitrogens with zero attached hydrogens (tertiary/aromatic N) is 3. The third kappa shape index (κ3) is 4.43. The summed E-state index contributed by atoms with van der Waals surface area (Å²) in [5.74, 6) is 1.42. The molecule has 2 aromatic carbocycles. The van der Waals surface area contributed by atoms with E-state index in [1.807, 2.05) is 0 Å². The predicted octanol–water partition coefficient (Wildman–Crippen LogP) is 5.72. The second kappa shape index (κ2) is 8.85. The Morgan fingerprint density at radius 1 is 1.16 bits per heavy atom. The van der Waals surface area contributed by atoms with Crippen molar-refractivity contribution in [1.82, 2.24) is 14.7 Å². The summed E-state index contributed by atoms with van der Waals surface area (Å²) in [5.41, 5.74) is 1.55. The van der Waals surface area contributed by atoms with E-state index >= 15 is 0 Å². The number of halogens is 2. The Kier molecular flexibility index (Phi) is 5.85. The molecule has 0 unspecified atom stereocenters. The number of anilines is 1. The Morgan fingerprint density at radius 2 is 1.89 bits per heavy atom. The van der Waals surface area contributed by atoms with Crippen LogP contribution in [0.2, 0.25) is 10.0 Å². The van der Waals surface area contributed by atoms with Gasteiger partial charge in [0, 0.05) is 44.3 Å². The van der Waals surface area contributed by atoms with Gasteiger partial charge in [-0.25, -0.2) is 8.42 Å². The fraction of sp³-hybridized carbons (Fsp3) is 0.346. The van der Waals surface area contributed by atoms with E-state index in [-0.39, 0.29) is 23.1 Å². The molecule has 0 radical (unpaired) electrons. The quantitative estimate of drug-likeness (QED) is 0.296. The van der Waals surface area contributed by atoms with Crippen molar-refractivity contribution in [2.75, 3.05) is 11.1 Å². The van der Waals surface area contributed by atoms with Crippen LogP contribution in [0.1, 0.15) is 55.8 Å². The molecule has 2 aromatic heterocycles. The Hall–Kier alpha value is -2.88. The van der Waals surface area contributed by atoms with E-state index in [4.69, 9.17) is 27.7 Å². The number of carbonyl (C=O) groups excluding carboxylic acids is 1. The van der Waals surface area contributed by atoms with Crippen LogP contribution in [0.15, 0.2) is 52.0 Å². The van der Waals surface area contributed by atoms with Gasteiger partial charge in [-0.3, -0.25) is 4.79 Å². The lowest BCUT2D eigenvalue weighted by Gasteiger charge is -2.17. The Labute approximate surface area is 223 Å². The van der Waals surface area contributed by atoms with Gasteiger partial charge in [-0.1, -0.05) is 35.3 Å². The average Bonchev–Trinajstić information content (AvgIpc) is 3.78. The molecule has 0 bridgehead atoms. The van der Waals surface area contributed by atoms with E-state index in [0.29, 0.717) is 33.4 Å². The summed E-state index contributed by atoms with van der Waals surface area (Å²) in [4.78, 5) is 17.8. The monoisotopic (exact) mass is 558 g/mol. The maximum atomic E-state index is 12.9. The fourth-order valence-corrected chi connectivity index (χ4v) is 6.53. The van der Waals surface area contributed by atoms with Crippen molar-refractivity contribution < 1.29 is 17.7 Å². The normalized spacial score (nSPS) is 16.7. The van der Waals surface area contributed by atoms with Crippen LogP contribution >= 0.6 is 23.2 Å². The summed E-state index contributed by atoms with van der Waals surface area (Å²) in [5, 5.41) is 8.71. The molecule has 2 aliphatic carbocycles. The minimum Gasteiger partial charge on any atom is -0.339 e. The van der Waals surface area contributed by atoms with E-state index < -0.39 is 15.3 Å². The second-order valence-electron chi connectivity index (χ2n) is 9.74. The van der Waals surface area contributed by atoms with Gasteiger partial charge in [-0.05, 0) is 62.1 Å². The highest BCUT2D eigenvalue weighted by molar-refractivity contribution is 7.91. The Balaban J connectivity index is 1.20. The van der Waals surface area contributed by atoms with E-state index in [1.165, 1.54) is 0 Å². The molecule has 4 aromatic rings. The summed E-state index contributed by atoms with van der Waals surface area (Å²) in [7, 11) is -3.31. The largest absolute Gasteiger partial charge is 0.339 e. The van der Waals surface area contributed by atoms with Crippen molar-refractivity contribution in [3.05, 3.63) is 69.9 Å². The Morgan fingerprint density at radius 3 is 2.54 bits per heavy atom. The van der Waals surface area contributed by atoms with Gasteiger partial charge in [0.2, 0.25) is 11.8 Å². The van der Waals surface area contributed by atoms with Crippen LogP contribution in [0.5, 0.6) is 0 Å². The first-order valence-electron chi connectivity index (χ1n) is 12.2. The first-order valence-corrected chi connectivity index (χ1v) is 14.6. The first-order chi connectivity index (χ1) is 17.7. The van der Waals surface area contributed by atoms with Gasteiger partial charge in [0.05, 0.1) is 16.1 Å². The summed E-state index contributed by atoms with van der Waals surface area (Å²) in [6.45, 7) is 1.65. The molecular weight excluding hydrogens is 535 g/mol. The van der Waals surface area contributed by atoms with Crippen LogP contribution in [-0.2, 0) is 26.6 Å². The van der Waals surface area contributed by atoms with Gasteiger partial charge in [0.1, 0.15) is 6.54 Å². The first kappa shape index (κ1) is 24.5. The van der Waals surface area contributed by atoms with Crippen molar-refractivity contribution in [1.29, 1.82) is 0 Å². The van der Waals surface area contributed by atoms with Crippen LogP contribution in [0.25, 0.3) is 10.9 Å². The number of amides is 1.